The fourth-order valence-corrected chi connectivity index (χ4v) is 3.00. The summed E-state index contributed by atoms with van der Waals surface area (Å²) in [7, 11) is 0. The van der Waals surface area contributed by atoms with E-state index in [0.717, 1.165) is 29.3 Å². The molecule has 0 bridgehead atoms. The van der Waals surface area contributed by atoms with Crippen molar-refractivity contribution in [3.8, 4) is 0 Å². The molecule has 1 heterocycles. The van der Waals surface area contributed by atoms with E-state index in [1.807, 2.05) is 0 Å². The van der Waals surface area contributed by atoms with Crippen LogP contribution in [0.15, 0.2) is 0 Å². The highest BCUT2D eigenvalue weighted by molar-refractivity contribution is 7.09. The summed E-state index contributed by atoms with van der Waals surface area (Å²) in [5, 5.41) is 4.42. The second-order valence-corrected chi connectivity index (χ2v) is 6.03. The molecule has 1 aliphatic rings. The largest absolute Gasteiger partial charge is 0.360 e. The lowest BCUT2D eigenvalue weighted by molar-refractivity contribution is 0.537. The maximum absolute atomic E-state index is 4.49. The van der Waals surface area contributed by atoms with Gasteiger partial charge in [0.1, 0.15) is 5.82 Å². The minimum absolute atomic E-state index is 0.429. The molecule has 1 saturated carbocycles. The van der Waals surface area contributed by atoms with E-state index in [1.165, 1.54) is 30.8 Å². The molecular formula is C12H21N3S. The van der Waals surface area contributed by atoms with Crippen LogP contribution in [-0.2, 0) is 0 Å². The topological polar surface area (TPSA) is 37.8 Å². The van der Waals surface area contributed by atoms with Crippen molar-refractivity contribution in [1.29, 1.82) is 0 Å². The molecule has 1 fully saturated rings. The minimum Gasteiger partial charge on any atom is -0.360 e. The van der Waals surface area contributed by atoms with Crippen molar-refractivity contribution >= 4 is 16.7 Å². The molecule has 1 aliphatic carbocycles. The smallest absolute Gasteiger partial charge is 0.202 e. The lowest BCUT2D eigenvalue weighted by Gasteiger charge is -2.09. The second kappa shape index (κ2) is 5.13. The molecule has 4 heteroatoms. The van der Waals surface area contributed by atoms with E-state index in [2.05, 4.69) is 35.4 Å². The van der Waals surface area contributed by atoms with Crippen molar-refractivity contribution in [2.45, 2.75) is 46.0 Å². The first-order chi connectivity index (χ1) is 7.65. The Morgan fingerprint density at radius 3 is 2.81 bits per heavy atom. The first-order valence-electron chi connectivity index (χ1n) is 6.22. The predicted octanol–water partition coefficient (Wildman–Crippen LogP) is 3.51. The van der Waals surface area contributed by atoms with Crippen LogP contribution in [0.4, 0.5) is 5.13 Å². The molecule has 0 radical (unpaired) electrons. The highest BCUT2D eigenvalue weighted by Crippen LogP contribution is 2.30. The van der Waals surface area contributed by atoms with E-state index >= 15 is 0 Å². The molecule has 0 spiro atoms. The molecule has 1 aromatic heterocycles. The number of hydrogen-bond donors (Lipinski definition) is 1. The first kappa shape index (κ1) is 11.8. The molecule has 0 aromatic carbocycles. The molecule has 1 aromatic rings. The summed E-state index contributed by atoms with van der Waals surface area (Å²) in [5.41, 5.74) is 0. The number of aromatic nitrogens is 2. The number of anilines is 1. The van der Waals surface area contributed by atoms with Crippen molar-refractivity contribution in [2.24, 2.45) is 11.8 Å². The van der Waals surface area contributed by atoms with E-state index in [-0.39, 0.29) is 0 Å². The molecule has 0 amide bonds. The van der Waals surface area contributed by atoms with Gasteiger partial charge in [-0.1, -0.05) is 27.2 Å². The van der Waals surface area contributed by atoms with E-state index in [4.69, 9.17) is 0 Å². The van der Waals surface area contributed by atoms with Crippen LogP contribution in [0.25, 0.3) is 0 Å². The second-order valence-electron chi connectivity index (χ2n) is 5.28. The molecule has 2 rings (SSSR count). The number of nitrogens with one attached hydrogen (secondary N) is 1. The highest BCUT2D eigenvalue weighted by atomic mass is 32.1. The monoisotopic (exact) mass is 239 g/mol. The van der Waals surface area contributed by atoms with E-state index in [9.17, 15) is 0 Å². The van der Waals surface area contributed by atoms with Gasteiger partial charge in [-0.25, -0.2) is 4.98 Å². The summed E-state index contributed by atoms with van der Waals surface area (Å²) in [6.07, 6.45) is 4.12. The SMILES string of the molecule is CC1CCC(CNc2nc(C(C)C)ns2)C1. The molecule has 2 unspecified atom stereocenters. The number of rotatable bonds is 4. The van der Waals surface area contributed by atoms with Crippen LogP contribution < -0.4 is 5.32 Å². The van der Waals surface area contributed by atoms with Gasteiger partial charge in [0.05, 0.1) is 0 Å². The Hall–Kier alpha value is -0.640. The molecular weight excluding hydrogens is 218 g/mol. The quantitative estimate of drug-likeness (QED) is 0.873. The summed E-state index contributed by atoms with van der Waals surface area (Å²) >= 11 is 1.49. The van der Waals surface area contributed by atoms with Crippen LogP contribution in [0.5, 0.6) is 0 Å². The lowest BCUT2D eigenvalue weighted by atomic mass is 10.1. The maximum Gasteiger partial charge on any atom is 0.202 e. The Morgan fingerprint density at radius 1 is 1.44 bits per heavy atom. The third kappa shape index (κ3) is 2.94. The Balaban J connectivity index is 1.80. The maximum atomic E-state index is 4.49. The predicted molar refractivity (Wildman–Crippen MR) is 69.0 cm³/mol. The van der Waals surface area contributed by atoms with Gasteiger partial charge in [-0.15, -0.1) is 0 Å². The summed E-state index contributed by atoms with van der Waals surface area (Å²) in [4.78, 5) is 4.49. The van der Waals surface area contributed by atoms with Gasteiger partial charge in [0.15, 0.2) is 0 Å². The van der Waals surface area contributed by atoms with Gasteiger partial charge in [-0.3, -0.25) is 0 Å². The molecule has 0 saturated heterocycles. The van der Waals surface area contributed by atoms with Gasteiger partial charge < -0.3 is 5.32 Å². The fraction of sp³-hybridized carbons (Fsp3) is 0.833. The zero-order chi connectivity index (χ0) is 11.5. The van der Waals surface area contributed by atoms with E-state index in [1.54, 1.807) is 0 Å². The van der Waals surface area contributed by atoms with Crippen LogP contribution in [0.2, 0.25) is 0 Å². The average Bonchev–Trinajstić information content (AvgIpc) is 2.83. The van der Waals surface area contributed by atoms with Gasteiger partial charge >= 0.3 is 0 Å². The molecule has 1 N–H and O–H groups in total. The number of nitrogens with zero attached hydrogens (tertiary/aromatic N) is 2. The molecule has 90 valence electrons. The van der Waals surface area contributed by atoms with Crippen LogP contribution in [0, 0.1) is 11.8 Å². The minimum atomic E-state index is 0.429. The van der Waals surface area contributed by atoms with Crippen molar-refractivity contribution in [1.82, 2.24) is 9.36 Å². The summed E-state index contributed by atoms with van der Waals surface area (Å²) in [6.45, 7) is 7.67. The Bertz CT molecular complexity index is 335. The summed E-state index contributed by atoms with van der Waals surface area (Å²) < 4.78 is 4.34. The molecule has 2 atom stereocenters. The Labute approximate surface area is 102 Å². The van der Waals surface area contributed by atoms with Gasteiger partial charge in [0.2, 0.25) is 5.13 Å². The number of hydrogen-bond acceptors (Lipinski definition) is 4. The average molecular weight is 239 g/mol. The van der Waals surface area contributed by atoms with Crippen LogP contribution in [0.1, 0.15) is 51.8 Å². The third-order valence-corrected chi connectivity index (χ3v) is 3.99. The van der Waals surface area contributed by atoms with Gasteiger partial charge in [-0.2, -0.15) is 4.37 Å². The van der Waals surface area contributed by atoms with Crippen molar-refractivity contribution in [2.75, 3.05) is 11.9 Å². The first-order valence-corrected chi connectivity index (χ1v) is 7.00. The molecule has 0 aliphatic heterocycles. The molecule has 16 heavy (non-hydrogen) atoms. The highest BCUT2D eigenvalue weighted by Gasteiger charge is 2.21. The van der Waals surface area contributed by atoms with Crippen LogP contribution in [0.3, 0.4) is 0 Å². The van der Waals surface area contributed by atoms with Gasteiger partial charge in [-0.05, 0) is 24.7 Å². The lowest BCUT2D eigenvalue weighted by Crippen LogP contribution is -2.11. The van der Waals surface area contributed by atoms with Crippen LogP contribution in [-0.4, -0.2) is 15.9 Å². The Morgan fingerprint density at radius 2 is 2.25 bits per heavy atom. The van der Waals surface area contributed by atoms with Crippen molar-refractivity contribution < 1.29 is 0 Å². The fourth-order valence-electron chi connectivity index (χ4n) is 2.28. The zero-order valence-corrected chi connectivity index (χ0v) is 11.2. The van der Waals surface area contributed by atoms with Crippen LogP contribution >= 0.6 is 11.5 Å². The Kier molecular flexibility index (Phi) is 3.79. The van der Waals surface area contributed by atoms with Crippen molar-refractivity contribution in [3.63, 3.8) is 0 Å². The summed E-state index contributed by atoms with van der Waals surface area (Å²) in [5.74, 6) is 3.14. The van der Waals surface area contributed by atoms with Gasteiger partial charge in [0, 0.05) is 24.0 Å². The third-order valence-electron chi connectivity index (χ3n) is 3.30. The van der Waals surface area contributed by atoms with E-state index in [0.29, 0.717) is 5.92 Å². The molecule has 3 nitrogen and oxygen atoms in total. The summed E-state index contributed by atoms with van der Waals surface area (Å²) in [6, 6.07) is 0. The van der Waals surface area contributed by atoms with Crippen molar-refractivity contribution in [3.05, 3.63) is 5.82 Å². The van der Waals surface area contributed by atoms with Gasteiger partial charge in [0.25, 0.3) is 0 Å². The standard InChI is InChI=1S/C12H21N3S/c1-8(2)11-14-12(16-15-11)13-7-10-5-4-9(3)6-10/h8-10H,4-7H2,1-3H3,(H,13,14,15). The van der Waals surface area contributed by atoms with E-state index < -0.39 is 0 Å². The normalized spacial score (nSPS) is 25.2. The zero-order valence-electron chi connectivity index (χ0n) is 10.4.